The topological polar surface area (TPSA) is 66.8 Å². The first kappa shape index (κ1) is 13.0. The van der Waals surface area contributed by atoms with Crippen molar-refractivity contribution in [2.75, 3.05) is 0 Å². The molecule has 0 spiro atoms. The molecule has 1 atom stereocenters. The number of aliphatic hydroxyl groups excluding tert-OH is 1. The molecule has 5 nitrogen and oxygen atoms in total. The maximum atomic E-state index is 11.3. The summed E-state index contributed by atoms with van der Waals surface area (Å²) in [5.41, 5.74) is 0. The van der Waals surface area contributed by atoms with Crippen LogP contribution in [0, 0.1) is 0 Å². The summed E-state index contributed by atoms with van der Waals surface area (Å²) in [7, 11) is 0. The molecule has 0 saturated carbocycles. The molecule has 16 heavy (non-hydrogen) atoms. The summed E-state index contributed by atoms with van der Waals surface area (Å²) in [5, 5.41) is 10.1. The number of nitrogens with zero attached hydrogens (tertiary/aromatic N) is 1. The van der Waals surface area contributed by atoms with E-state index in [1.165, 1.54) is 0 Å². The van der Waals surface area contributed by atoms with Crippen molar-refractivity contribution in [1.82, 2.24) is 5.06 Å². The Labute approximate surface area is 95.3 Å². The van der Waals surface area contributed by atoms with Crippen LogP contribution in [0.3, 0.4) is 0 Å². The third-order valence-corrected chi connectivity index (χ3v) is 2.57. The molecule has 1 aliphatic rings. The Morgan fingerprint density at radius 3 is 2.81 bits per heavy atom. The zero-order valence-electron chi connectivity index (χ0n) is 9.65. The Hall–Kier alpha value is -1.10. The molecule has 1 unspecified atom stereocenters. The molecule has 0 aromatic heterocycles. The molecule has 1 aliphatic heterocycles. The Balaban J connectivity index is 2.20. The largest absolute Gasteiger partial charge is 0.370 e. The van der Waals surface area contributed by atoms with E-state index >= 15 is 0 Å². The van der Waals surface area contributed by atoms with E-state index in [4.69, 9.17) is 4.84 Å². The van der Waals surface area contributed by atoms with Gasteiger partial charge in [-0.3, -0.25) is 4.79 Å². The average Bonchev–Trinajstić information content (AvgIpc) is 2.56. The number of carbonyl (C=O) groups excluding carboxylic acids is 2. The highest BCUT2D eigenvalue weighted by Gasteiger charge is 2.32. The van der Waals surface area contributed by atoms with E-state index in [2.05, 4.69) is 6.92 Å². The van der Waals surface area contributed by atoms with Crippen LogP contribution in [-0.4, -0.2) is 28.3 Å². The maximum Gasteiger partial charge on any atom is 0.332 e. The predicted molar refractivity (Wildman–Crippen MR) is 56.9 cm³/mol. The fourth-order valence-electron chi connectivity index (χ4n) is 1.61. The van der Waals surface area contributed by atoms with Crippen LogP contribution in [-0.2, 0) is 14.4 Å². The number of carbonyl (C=O) groups is 2. The fraction of sp³-hybridized carbons (Fsp3) is 0.818. The molecule has 0 bridgehead atoms. The number of aliphatic hydroxyl groups is 1. The standard InChI is InChI=1S/C11H19NO4/c1-2-3-4-5-6-11(15)16-12-9(13)7-8-10(12)14/h9,13H,2-8H2,1H3. The molecule has 1 fully saturated rings. The summed E-state index contributed by atoms with van der Waals surface area (Å²) < 4.78 is 0. The highest BCUT2D eigenvalue weighted by atomic mass is 16.7. The summed E-state index contributed by atoms with van der Waals surface area (Å²) in [6.45, 7) is 2.09. The van der Waals surface area contributed by atoms with Gasteiger partial charge in [0, 0.05) is 19.3 Å². The van der Waals surface area contributed by atoms with E-state index in [0.29, 0.717) is 12.8 Å². The second kappa shape index (κ2) is 6.48. The van der Waals surface area contributed by atoms with Crippen LogP contribution < -0.4 is 0 Å². The van der Waals surface area contributed by atoms with Crippen molar-refractivity contribution < 1.29 is 19.5 Å². The normalized spacial score (nSPS) is 20.2. The Morgan fingerprint density at radius 2 is 2.25 bits per heavy atom. The number of unbranched alkanes of at least 4 members (excludes halogenated alkanes) is 3. The smallest absolute Gasteiger partial charge is 0.332 e. The molecule has 0 aromatic carbocycles. The van der Waals surface area contributed by atoms with Crippen molar-refractivity contribution in [2.45, 2.75) is 58.1 Å². The number of rotatable bonds is 6. The zero-order valence-corrected chi connectivity index (χ0v) is 9.65. The molecule has 5 heteroatoms. The second-order valence-corrected chi connectivity index (χ2v) is 4.01. The average molecular weight is 229 g/mol. The number of hydrogen-bond acceptors (Lipinski definition) is 4. The van der Waals surface area contributed by atoms with Gasteiger partial charge in [-0.15, -0.1) is 5.06 Å². The van der Waals surface area contributed by atoms with E-state index in [1.807, 2.05) is 0 Å². The van der Waals surface area contributed by atoms with Gasteiger partial charge in [-0.1, -0.05) is 26.2 Å². The summed E-state index contributed by atoms with van der Waals surface area (Å²) in [6.07, 6.45) is 3.87. The first-order valence-corrected chi connectivity index (χ1v) is 5.86. The van der Waals surface area contributed by atoms with Crippen molar-refractivity contribution in [3.8, 4) is 0 Å². The van der Waals surface area contributed by atoms with Gasteiger partial charge in [0.1, 0.15) is 0 Å². The van der Waals surface area contributed by atoms with E-state index in [1.54, 1.807) is 0 Å². The van der Waals surface area contributed by atoms with Crippen LogP contribution in [0.25, 0.3) is 0 Å². The summed E-state index contributed by atoms with van der Waals surface area (Å²) in [6, 6.07) is 0. The highest BCUT2D eigenvalue weighted by Crippen LogP contribution is 2.17. The SMILES string of the molecule is CCCCCCC(=O)ON1C(=O)CCC1O. The van der Waals surface area contributed by atoms with E-state index in [0.717, 1.165) is 30.7 Å². The monoisotopic (exact) mass is 229 g/mol. The van der Waals surface area contributed by atoms with Crippen LogP contribution in [0.4, 0.5) is 0 Å². The number of hydroxylamine groups is 2. The van der Waals surface area contributed by atoms with E-state index < -0.39 is 12.2 Å². The highest BCUT2D eigenvalue weighted by molar-refractivity contribution is 5.79. The summed E-state index contributed by atoms with van der Waals surface area (Å²) in [5.74, 6) is -0.764. The van der Waals surface area contributed by atoms with Gasteiger partial charge in [0.05, 0.1) is 0 Å². The van der Waals surface area contributed by atoms with Crippen molar-refractivity contribution in [1.29, 1.82) is 0 Å². The third kappa shape index (κ3) is 3.81. The van der Waals surface area contributed by atoms with Gasteiger partial charge < -0.3 is 9.94 Å². The minimum Gasteiger partial charge on any atom is -0.370 e. The Morgan fingerprint density at radius 1 is 1.50 bits per heavy atom. The summed E-state index contributed by atoms with van der Waals surface area (Å²) in [4.78, 5) is 27.3. The van der Waals surface area contributed by atoms with Crippen LogP contribution >= 0.6 is 0 Å². The van der Waals surface area contributed by atoms with Gasteiger partial charge in [-0.25, -0.2) is 4.79 Å². The molecule has 92 valence electrons. The predicted octanol–water partition coefficient (Wildman–Crippen LogP) is 1.36. The minimum atomic E-state index is -0.966. The fourth-order valence-corrected chi connectivity index (χ4v) is 1.61. The van der Waals surface area contributed by atoms with Crippen LogP contribution in [0.1, 0.15) is 51.9 Å². The molecule has 1 N–H and O–H groups in total. The lowest BCUT2D eigenvalue weighted by atomic mass is 10.2. The maximum absolute atomic E-state index is 11.3. The van der Waals surface area contributed by atoms with Gasteiger partial charge in [0.25, 0.3) is 5.91 Å². The van der Waals surface area contributed by atoms with Gasteiger partial charge in [-0.2, -0.15) is 0 Å². The van der Waals surface area contributed by atoms with Gasteiger partial charge in [-0.05, 0) is 6.42 Å². The van der Waals surface area contributed by atoms with Gasteiger partial charge in [0.2, 0.25) is 0 Å². The second-order valence-electron chi connectivity index (χ2n) is 4.01. The van der Waals surface area contributed by atoms with Crippen molar-refractivity contribution in [3.05, 3.63) is 0 Å². The molecule has 1 amide bonds. The first-order chi connectivity index (χ1) is 7.65. The molecule has 1 saturated heterocycles. The van der Waals surface area contributed by atoms with Crippen molar-refractivity contribution >= 4 is 11.9 Å². The first-order valence-electron chi connectivity index (χ1n) is 5.86. The van der Waals surface area contributed by atoms with E-state index in [-0.39, 0.29) is 12.3 Å². The van der Waals surface area contributed by atoms with Crippen molar-refractivity contribution in [3.63, 3.8) is 0 Å². The van der Waals surface area contributed by atoms with Crippen molar-refractivity contribution in [2.24, 2.45) is 0 Å². The lowest BCUT2D eigenvalue weighted by Crippen LogP contribution is -2.35. The molecular weight excluding hydrogens is 210 g/mol. The minimum absolute atomic E-state index is 0.240. The molecule has 0 aromatic rings. The lowest BCUT2D eigenvalue weighted by molar-refractivity contribution is -0.220. The van der Waals surface area contributed by atoms with Crippen LogP contribution in [0.5, 0.6) is 0 Å². The number of hydrogen-bond donors (Lipinski definition) is 1. The van der Waals surface area contributed by atoms with Crippen LogP contribution in [0.15, 0.2) is 0 Å². The van der Waals surface area contributed by atoms with Crippen LogP contribution in [0.2, 0.25) is 0 Å². The number of amides is 1. The Kier molecular flexibility index (Phi) is 5.25. The zero-order chi connectivity index (χ0) is 12.0. The Bertz CT molecular complexity index is 254. The van der Waals surface area contributed by atoms with Gasteiger partial charge in [0.15, 0.2) is 6.23 Å². The quantitative estimate of drug-likeness (QED) is 0.698. The molecule has 0 radical (unpaired) electrons. The molecule has 1 rings (SSSR count). The lowest BCUT2D eigenvalue weighted by Gasteiger charge is -2.18. The van der Waals surface area contributed by atoms with E-state index in [9.17, 15) is 14.7 Å². The third-order valence-electron chi connectivity index (χ3n) is 2.57. The molecule has 1 heterocycles. The van der Waals surface area contributed by atoms with Gasteiger partial charge >= 0.3 is 5.97 Å². The summed E-state index contributed by atoms with van der Waals surface area (Å²) >= 11 is 0. The molecule has 0 aliphatic carbocycles. The molecular formula is C11H19NO4.